The summed E-state index contributed by atoms with van der Waals surface area (Å²) in [5.41, 5.74) is 1.67. The number of hydrogen-bond donors (Lipinski definition) is 2. The van der Waals surface area contributed by atoms with Crippen LogP contribution in [0.4, 0.5) is 5.69 Å². The van der Waals surface area contributed by atoms with Crippen molar-refractivity contribution in [1.82, 2.24) is 4.90 Å². The minimum absolute atomic E-state index is 0.0176. The first-order valence-corrected chi connectivity index (χ1v) is 8.98. The predicted molar refractivity (Wildman–Crippen MR) is 102 cm³/mol. The molecular formula is C21H22N2O4. The number of carboxylic acid groups (broad SMARTS) is 1. The van der Waals surface area contributed by atoms with Crippen LogP contribution in [0.5, 0.6) is 0 Å². The third kappa shape index (κ3) is 4.53. The van der Waals surface area contributed by atoms with Gasteiger partial charge in [0.05, 0.1) is 5.56 Å². The molecule has 6 nitrogen and oxygen atoms in total. The molecule has 0 atom stereocenters. The summed E-state index contributed by atoms with van der Waals surface area (Å²) in [6, 6.07) is 12.5. The standard InChI is InChI=1S/C21H22N2O4/c1-14-10-12-23(13-11-14)20(25)16-6-8-18(9-7-16)22-19(24)15-2-4-17(5-3-15)21(26)27/h2-9,14H,10-13H2,1H3,(H,22,24)(H,26,27). The average Bonchev–Trinajstić information content (AvgIpc) is 2.68. The Bertz CT molecular complexity index is 835. The van der Waals surface area contributed by atoms with Crippen molar-refractivity contribution in [2.24, 2.45) is 5.92 Å². The Hall–Kier alpha value is -3.15. The SMILES string of the molecule is CC1CCN(C(=O)c2ccc(NC(=O)c3ccc(C(=O)O)cc3)cc2)CC1. The Labute approximate surface area is 157 Å². The van der Waals surface area contributed by atoms with E-state index in [2.05, 4.69) is 12.2 Å². The maximum atomic E-state index is 12.5. The number of amides is 2. The lowest BCUT2D eigenvalue weighted by Gasteiger charge is -2.30. The highest BCUT2D eigenvalue weighted by atomic mass is 16.4. The fourth-order valence-corrected chi connectivity index (χ4v) is 3.06. The van der Waals surface area contributed by atoms with Crippen molar-refractivity contribution < 1.29 is 19.5 Å². The number of carbonyl (C=O) groups is 3. The third-order valence-corrected chi connectivity index (χ3v) is 4.85. The zero-order valence-electron chi connectivity index (χ0n) is 15.1. The van der Waals surface area contributed by atoms with Gasteiger partial charge >= 0.3 is 5.97 Å². The van der Waals surface area contributed by atoms with Crippen LogP contribution in [0.3, 0.4) is 0 Å². The van der Waals surface area contributed by atoms with E-state index in [0.717, 1.165) is 25.9 Å². The highest BCUT2D eigenvalue weighted by molar-refractivity contribution is 6.05. The number of rotatable bonds is 4. The van der Waals surface area contributed by atoms with Crippen LogP contribution in [0.15, 0.2) is 48.5 Å². The number of nitrogens with zero attached hydrogens (tertiary/aromatic N) is 1. The van der Waals surface area contributed by atoms with E-state index in [1.165, 1.54) is 24.3 Å². The van der Waals surface area contributed by atoms with Gasteiger partial charge in [-0.05, 0) is 67.3 Å². The molecule has 1 aliphatic rings. The van der Waals surface area contributed by atoms with Crippen molar-refractivity contribution >= 4 is 23.5 Å². The molecule has 27 heavy (non-hydrogen) atoms. The van der Waals surface area contributed by atoms with Gasteiger partial charge in [0.1, 0.15) is 0 Å². The molecule has 0 bridgehead atoms. The average molecular weight is 366 g/mol. The molecule has 2 aromatic carbocycles. The maximum Gasteiger partial charge on any atom is 0.335 e. The second-order valence-corrected chi connectivity index (χ2v) is 6.89. The molecule has 0 radical (unpaired) electrons. The second kappa shape index (κ2) is 8.03. The Kier molecular flexibility index (Phi) is 5.54. The van der Waals surface area contributed by atoms with E-state index in [4.69, 9.17) is 5.11 Å². The van der Waals surface area contributed by atoms with Gasteiger partial charge in [0, 0.05) is 29.9 Å². The van der Waals surface area contributed by atoms with Crippen molar-refractivity contribution in [2.75, 3.05) is 18.4 Å². The van der Waals surface area contributed by atoms with Crippen LogP contribution in [0, 0.1) is 5.92 Å². The fourth-order valence-electron chi connectivity index (χ4n) is 3.06. The number of likely N-dealkylation sites (tertiary alicyclic amines) is 1. The van der Waals surface area contributed by atoms with Crippen LogP contribution in [-0.4, -0.2) is 40.9 Å². The van der Waals surface area contributed by atoms with Crippen LogP contribution in [0.2, 0.25) is 0 Å². The smallest absolute Gasteiger partial charge is 0.335 e. The summed E-state index contributed by atoms with van der Waals surface area (Å²) in [5, 5.41) is 11.6. The van der Waals surface area contributed by atoms with Gasteiger partial charge < -0.3 is 15.3 Å². The minimum atomic E-state index is -1.04. The summed E-state index contributed by atoms with van der Waals surface area (Å²) < 4.78 is 0. The van der Waals surface area contributed by atoms with E-state index in [1.807, 2.05) is 4.90 Å². The predicted octanol–water partition coefficient (Wildman–Crippen LogP) is 3.51. The summed E-state index contributed by atoms with van der Waals surface area (Å²) in [6.45, 7) is 3.77. The number of benzene rings is 2. The lowest BCUT2D eigenvalue weighted by atomic mass is 9.98. The topological polar surface area (TPSA) is 86.7 Å². The van der Waals surface area contributed by atoms with Gasteiger partial charge in [-0.3, -0.25) is 9.59 Å². The minimum Gasteiger partial charge on any atom is -0.478 e. The first kappa shape index (κ1) is 18.6. The highest BCUT2D eigenvalue weighted by Gasteiger charge is 2.21. The fraction of sp³-hybridized carbons (Fsp3) is 0.286. The van der Waals surface area contributed by atoms with Crippen LogP contribution in [0.25, 0.3) is 0 Å². The van der Waals surface area contributed by atoms with Gasteiger partial charge in [-0.1, -0.05) is 6.92 Å². The normalized spacial score (nSPS) is 14.6. The first-order chi connectivity index (χ1) is 12.9. The van der Waals surface area contributed by atoms with Gasteiger partial charge in [-0.25, -0.2) is 4.79 Å². The summed E-state index contributed by atoms with van der Waals surface area (Å²) in [6.07, 6.45) is 2.06. The van der Waals surface area contributed by atoms with Gasteiger partial charge in [0.25, 0.3) is 11.8 Å². The van der Waals surface area contributed by atoms with Crippen LogP contribution < -0.4 is 5.32 Å². The molecule has 1 fully saturated rings. The Balaban J connectivity index is 1.62. The molecule has 1 heterocycles. The molecular weight excluding hydrogens is 344 g/mol. The van der Waals surface area contributed by atoms with E-state index in [9.17, 15) is 14.4 Å². The molecule has 3 rings (SSSR count). The van der Waals surface area contributed by atoms with Crippen LogP contribution in [-0.2, 0) is 0 Å². The molecule has 2 N–H and O–H groups in total. The number of anilines is 1. The monoisotopic (exact) mass is 366 g/mol. The summed E-state index contributed by atoms with van der Waals surface area (Å²) in [7, 11) is 0. The van der Waals surface area contributed by atoms with E-state index >= 15 is 0 Å². The molecule has 0 saturated carbocycles. The first-order valence-electron chi connectivity index (χ1n) is 8.98. The van der Waals surface area contributed by atoms with Gasteiger partial charge in [0.15, 0.2) is 0 Å². The largest absolute Gasteiger partial charge is 0.478 e. The van der Waals surface area contributed by atoms with Gasteiger partial charge in [-0.2, -0.15) is 0 Å². The Morgan fingerprint density at radius 3 is 1.96 bits per heavy atom. The molecule has 2 aromatic rings. The van der Waals surface area contributed by atoms with Gasteiger partial charge in [-0.15, -0.1) is 0 Å². The van der Waals surface area contributed by atoms with E-state index < -0.39 is 5.97 Å². The number of carboxylic acids is 1. The van der Waals surface area contributed by atoms with E-state index in [1.54, 1.807) is 24.3 Å². The molecule has 0 unspecified atom stereocenters. The zero-order chi connectivity index (χ0) is 19.4. The van der Waals surface area contributed by atoms with Gasteiger partial charge in [0.2, 0.25) is 0 Å². The maximum absolute atomic E-state index is 12.5. The molecule has 140 valence electrons. The zero-order valence-corrected chi connectivity index (χ0v) is 15.1. The van der Waals surface area contributed by atoms with Crippen molar-refractivity contribution in [3.63, 3.8) is 0 Å². The molecule has 1 aliphatic heterocycles. The number of aromatic carboxylic acids is 1. The molecule has 0 aliphatic carbocycles. The van der Waals surface area contributed by atoms with Crippen LogP contribution >= 0.6 is 0 Å². The lowest BCUT2D eigenvalue weighted by Crippen LogP contribution is -2.37. The van der Waals surface area contributed by atoms with E-state index in [-0.39, 0.29) is 17.4 Å². The number of nitrogens with one attached hydrogen (secondary N) is 1. The number of hydrogen-bond acceptors (Lipinski definition) is 3. The van der Waals surface area contributed by atoms with Crippen LogP contribution in [0.1, 0.15) is 50.8 Å². The third-order valence-electron chi connectivity index (χ3n) is 4.85. The molecule has 0 aromatic heterocycles. The highest BCUT2D eigenvalue weighted by Crippen LogP contribution is 2.19. The number of carbonyl (C=O) groups excluding carboxylic acids is 2. The molecule has 6 heteroatoms. The Morgan fingerprint density at radius 2 is 1.41 bits per heavy atom. The van der Waals surface area contributed by atoms with E-state index in [0.29, 0.717) is 22.7 Å². The van der Waals surface area contributed by atoms with Crippen molar-refractivity contribution in [3.8, 4) is 0 Å². The number of piperidine rings is 1. The summed E-state index contributed by atoms with van der Waals surface area (Å²) in [5.74, 6) is -0.693. The summed E-state index contributed by atoms with van der Waals surface area (Å²) in [4.78, 5) is 37.5. The molecule has 0 spiro atoms. The van der Waals surface area contributed by atoms with Crippen molar-refractivity contribution in [3.05, 3.63) is 65.2 Å². The summed E-state index contributed by atoms with van der Waals surface area (Å²) >= 11 is 0. The van der Waals surface area contributed by atoms with Crippen molar-refractivity contribution in [1.29, 1.82) is 0 Å². The Morgan fingerprint density at radius 1 is 0.889 bits per heavy atom. The molecule has 1 saturated heterocycles. The molecule has 2 amide bonds. The quantitative estimate of drug-likeness (QED) is 0.867. The lowest BCUT2D eigenvalue weighted by molar-refractivity contribution is 0.0688. The second-order valence-electron chi connectivity index (χ2n) is 6.89. The van der Waals surface area contributed by atoms with Crippen molar-refractivity contribution in [2.45, 2.75) is 19.8 Å².